The summed E-state index contributed by atoms with van der Waals surface area (Å²) in [7, 11) is 1.63. The molecule has 0 unspecified atom stereocenters. The molecule has 21 heavy (non-hydrogen) atoms. The molecule has 1 aliphatic heterocycles. The van der Waals surface area contributed by atoms with E-state index in [1.165, 1.54) is 0 Å². The number of hydrogen-bond acceptors (Lipinski definition) is 3. The highest BCUT2D eigenvalue weighted by Gasteiger charge is 2.22. The second-order valence-corrected chi connectivity index (χ2v) is 6.11. The summed E-state index contributed by atoms with van der Waals surface area (Å²) in [6.07, 6.45) is 2.42. The van der Waals surface area contributed by atoms with Crippen LogP contribution in [0.4, 0.5) is 0 Å². The van der Waals surface area contributed by atoms with Crippen LogP contribution in [0, 0.1) is 5.92 Å². The van der Waals surface area contributed by atoms with Gasteiger partial charge in [0, 0.05) is 23.1 Å². The predicted octanol–water partition coefficient (Wildman–Crippen LogP) is 2.62. The van der Waals surface area contributed by atoms with Gasteiger partial charge in [-0.15, -0.1) is 12.4 Å². The average molecular weight is 378 g/mol. The number of nitrogens with zero attached hydrogens (tertiary/aromatic N) is 1. The molecule has 2 rings (SSSR count). The van der Waals surface area contributed by atoms with E-state index in [4.69, 9.17) is 10.5 Å². The topological polar surface area (TPSA) is 55.6 Å². The first-order valence-corrected chi connectivity index (χ1v) is 7.73. The molecule has 1 amide bonds. The van der Waals surface area contributed by atoms with E-state index in [0.29, 0.717) is 12.3 Å². The average Bonchev–Trinajstić information content (AvgIpc) is 2.49. The van der Waals surface area contributed by atoms with Crippen LogP contribution in [0.15, 0.2) is 22.7 Å². The summed E-state index contributed by atoms with van der Waals surface area (Å²) in [5.74, 6) is 1.49. The fourth-order valence-corrected chi connectivity index (χ4v) is 2.90. The molecule has 1 aromatic carbocycles. The molecule has 1 saturated heterocycles. The molecule has 1 aromatic rings. The van der Waals surface area contributed by atoms with Gasteiger partial charge in [0.05, 0.1) is 13.5 Å². The van der Waals surface area contributed by atoms with E-state index in [1.807, 2.05) is 23.1 Å². The van der Waals surface area contributed by atoms with Crippen molar-refractivity contribution in [1.29, 1.82) is 0 Å². The van der Waals surface area contributed by atoms with Gasteiger partial charge in [0.15, 0.2) is 0 Å². The molecule has 0 bridgehead atoms. The number of piperidine rings is 1. The lowest BCUT2D eigenvalue weighted by molar-refractivity contribution is -0.131. The number of likely N-dealkylation sites (tertiary alicyclic amines) is 1. The number of nitrogens with two attached hydrogens (primary N) is 1. The highest BCUT2D eigenvalue weighted by Crippen LogP contribution is 2.25. The van der Waals surface area contributed by atoms with E-state index >= 15 is 0 Å². The minimum Gasteiger partial charge on any atom is -0.496 e. The number of carbonyl (C=O) groups is 1. The molecule has 118 valence electrons. The Morgan fingerprint density at radius 3 is 2.67 bits per heavy atom. The zero-order chi connectivity index (χ0) is 14.5. The van der Waals surface area contributed by atoms with Crippen molar-refractivity contribution in [3.8, 4) is 5.75 Å². The maximum atomic E-state index is 12.3. The van der Waals surface area contributed by atoms with Gasteiger partial charge in [-0.25, -0.2) is 0 Å². The van der Waals surface area contributed by atoms with Gasteiger partial charge < -0.3 is 15.4 Å². The van der Waals surface area contributed by atoms with Crippen molar-refractivity contribution in [1.82, 2.24) is 4.90 Å². The third kappa shape index (κ3) is 4.87. The monoisotopic (exact) mass is 376 g/mol. The zero-order valence-corrected chi connectivity index (χ0v) is 14.6. The number of ether oxygens (including phenoxy) is 1. The lowest BCUT2D eigenvalue weighted by Crippen LogP contribution is -2.40. The molecule has 0 aromatic heterocycles. The molecular weight excluding hydrogens is 356 g/mol. The molecule has 0 atom stereocenters. The molecule has 1 aliphatic rings. The number of rotatable bonds is 4. The normalized spacial score (nSPS) is 15.5. The fourth-order valence-electron chi connectivity index (χ4n) is 2.56. The maximum Gasteiger partial charge on any atom is 0.227 e. The van der Waals surface area contributed by atoms with Crippen LogP contribution in [0.2, 0.25) is 0 Å². The summed E-state index contributed by atoms with van der Waals surface area (Å²) >= 11 is 3.41. The van der Waals surface area contributed by atoms with Gasteiger partial charge in [-0.1, -0.05) is 22.0 Å². The Kier molecular flexibility index (Phi) is 7.49. The number of benzene rings is 1. The van der Waals surface area contributed by atoms with Crippen molar-refractivity contribution in [3.05, 3.63) is 28.2 Å². The molecule has 1 heterocycles. The number of hydrogen-bond donors (Lipinski definition) is 1. The Labute approximate surface area is 140 Å². The van der Waals surface area contributed by atoms with Crippen LogP contribution in [-0.2, 0) is 11.2 Å². The third-order valence-corrected chi connectivity index (χ3v) is 4.38. The molecule has 2 N–H and O–H groups in total. The standard InChI is InChI=1S/C15H21BrN2O2.ClH/c1-20-14-9-13(16)3-2-12(14)8-15(19)18-6-4-11(10-17)5-7-18;/h2-3,9,11H,4-8,10,17H2,1H3;1H. The van der Waals surface area contributed by atoms with Gasteiger partial charge in [0.25, 0.3) is 0 Å². The van der Waals surface area contributed by atoms with Crippen LogP contribution in [0.1, 0.15) is 18.4 Å². The van der Waals surface area contributed by atoms with Crippen LogP contribution >= 0.6 is 28.3 Å². The molecule has 4 nitrogen and oxygen atoms in total. The van der Waals surface area contributed by atoms with Crippen molar-refractivity contribution >= 4 is 34.2 Å². The minimum atomic E-state index is 0. The Balaban J connectivity index is 0.00000220. The minimum absolute atomic E-state index is 0. The molecular formula is C15H22BrClN2O2. The van der Waals surface area contributed by atoms with Gasteiger partial charge >= 0.3 is 0 Å². The Morgan fingerprint density at radius 1 is 1.43 bits per heavy atom. The smallest absolute Gasteiger partial charge is 0.227 e. The first kappa shape index (κ1) is 18.3. The Morgan fingerprint density at radius 2 is 2.10 bits per heavy atom. The summed E-state index contributed by atoms with van der Waals surface area (Å²) in [6, 6.07) is 5.77. The van der Waals surface area contributed by atoms with E-state index in [2.05, 4.69) is 15.9 Å². The number of methoxy groups -OCH3 is 1. The maximum absolute atomic E-state index is 12.3. The first-order chi connectivity index (χ1) is 9.63. The lowest BCUT2D eigenvalue weighted by Gasteiger charge is -2.31. The van der Waals surface area contributed by atoms with Gasteiger partial charge in [0.1, 0.15) is 5.75 Å². The van der Waals surface area contributed by atoms with E-state index in [9.17, 15) is 4.79 Å². The highest BCUT2D eigenvalue weighted by atomic mass is 79.9. The number of amides is 1. The molecule has 0 saturated carbocycles. The van der Waals surface area contributed by atoms with E-state index in [-0.39, 0.29) is 18.3 Å². The summed E-state index contributed by atoms with van der Waals surface area (Å²) in [4.78, 5) is 14.3. The third-order valence-electron chi connectivity index (χ3n) is 3.89. The van der Waals surface area contributed by atoms with Crippen LogP contribution in [0.25, 0.3) is 0 Å². The lowest BCUT2D eigenvalue weighted by atomic mass is 9.96. The molecule has 1 fully saturated rings. The van der Waals surface area contributed by atoms with E-state index < -0.39 is 0 Å². The summed E-state index contributed by atoms with van der Waals surface area (Å²) in [6.45, 7) is 2.36. The highest BCUT2D eigenvalue weighted by molar-refractivity contribution is 9.10. The predicted molar refractivity (Wildman–Crippen MR) is 90.0 cm³/mol. The first-order valence-electron chi connectivity index (χ1n) is 6.94. The number of carbonyl (C=O) groups excluding carboxylic acids is 1. The van der Waals surface area contributed by atoms with E-state index in [0.717, 1.165) is 48.3 Å². The zero-order valence-electron chi connectivity index (χ0n) is 12.2. The molecule has 6 heteroatoms. The van der Waals surface area contributed by atoms with Crippen LogP contribution in [0.5, 0.6) is 5.75 Å². The Bertz CT molecular complexity index is 477. The van der Waals surface area contributed by atoms with Crippen LogP contribution in [0.3, 0.4) is 0 Å². The van der Waals surface area contributed by atoms with Gasteiger partial charge in [-0.2, -0.15) is 0 Å². The van der Waals surface area contributed by atoms with Crippen LogP contribution in [-0.4, -0.2) is 37.6 Å². The van der Waals surface area contributed by atoms with Crippen LogP contribution < -0.4 is 10.5 Å². The second kappa shape index (κ2) is 8.61. The largest absolute Gasteiger partial charge is 0.496 e. The summed E-state index contributed by atoms with van der Waals surface area (Å²) in [5.41, 5.74) is 6.61. The van der Waals surface area contributed by atoms with Gasteiger partial charge in [-0.05, 0) is 37.4 Å². The van der Waals surface area contributed by atoms with Crippen molar-refractivity contribution in [2.75, 3.05) is 26.7 Å². The van der Waals surface area contributed by atoms with Crippen molar-refractivity contribution < 1.29 is 9.53 Å². The Hall–Kier alpha value is -0.780. The molecule has 0 spiro atoms. The van der Waals surface area contributed by atoms with Crippen molar-refractivity contribution in [2.45, 2.75) is 19.3 Å². The van der Waals surface area contributed by atoms with Gasteiger partial charge in [0.2, 0.25) is 5.91 Å². The second-order valence-electron chi connectivity index (χ2n) is 5.19. The molecule has 0 aliphatic carbocycles. The van der Waals surface area contributed by atoms with Crippen molar-refractivity contribution in [2.24, 2.45) is 11.7 Å². The fraction of sp³-hybridized carbons (Fsp3) is 0.533. The van der Waals surface area contributed by atoms with E-state index in [1.54, 1.807) is 7.11 Å². The quantitative estimate of drug-likeness (QED) is 0.877. The summed E-state index contributed by atoms with van der Waals surface area (Å²) in [5, 5.41) is 0. The molecule has 0 radical (unpaired) electrons. The SMILES string of the molecule is COc1cc(Br)ccc1CC(=O)N1CCC(CN)CC1.Cl. The number of halogens is 2. The van der Waals surface area contributed by atoms with Gasteiger partial charge in [-0.3, -0.25) is 4.79 Å². The van der Waals surface area contributed by atoms with Crippen molar-refractivity contribution in [3.63, 3.8) is 0 Å². The summed E-state index contributed by atoms with van der Waals surface area (Å²) < 4.78 is 6.28.